The predicted molar refractivity (Wildman–Crippen MR) is 85.6 cm³/mol. The van der Waals surface area contributed by atoms with E-state index in [4.69, 9.17) is 18.0 Å². The summed E-state index contributed by atoms with van der Waals surface area (Å²) in [5.41, 5.74) is 5.40. The van der Waals surface area contributed by atoms with Crippen molar-refractivity contribution in [3.05, 3.63) is 0 Å². The molecule has 0 aromatic heterocycles. The van der Waals surface area contributed by atoms with Crippen molar-refractivity contribution in [1.82, 2.24) is 9.80 Å². The first-order chi connectivity index (χ1) is 9.47. The van der Waals surface area contributed by atoms with Crippen LogP contribution in [0.15, 0.2) is 0 Å². The molecule has 1 aliphatic carbocycles. The maximum Gasteiger partial charge on any atom is 0.235 e. The zero-order valence-corrected chi connectivity index (χ0v) is 13.5. The molecule has 0 aromatic rings. The average Bonchev–Trinajstić information content (AvgIpc) is 2.46. The summed E-state index contributed by atoms with van der Waals surface area (Å²) >= 11 is 5.27. The Labute approximate surface area is 127 Å². The predicted octanol–water partition coefficient (Wildman–Crippen LogP) is 1.78. The van der Waals surface area contributed by atoms with Gasteiger partial charge in [0.1, 0.15) is 0 Å². The first kappa shape index (κ1) is 15.7. The lowest BCUT2D eigenvalue weighted by molar-refractivity contribution is -0.141. The van der Waals surface area contributed by atoms with Crippen LogP contribution in [0.5, 0.6) is 0 Å². The fraction of sp³-hybridized carbons (Fsp3) is 0.867. The normalized spacial score (nSPS) is 27.0. The number of likely N-dealkylation sites (N-methyl/N-ethyl adjacent to an activating group) is 2. The minimum absolute atomic E-state index is 0.157. The van der Waals surface area contributed by atoms with Gasteiger partial charge in [-0.1, -0.05) is 31.5 Å². The van der Waals surface area contributed by atoms with Gasteiger partial charge in [0.25, 0.3) is 0 Å². The quantitative estimate of drug-likeness (QED) is 0.807. The number of rotatable bonds is 3. The van der Waals surface area contributed by atoms with Gasteiger partial charge in [-0.25, -0.2) is 0 Å². The van der Waals surface area contributed by atoms with Gasteiger partial charge < -0.3 is 15.5 Å². The van der Waals surface area contributed by atoms with E-state index in [1.54, 1.807) is 0 Å². The van der Waals surface area contributed by atoms with Crippen LogP contribution in [0.4, 0.5) is 0 Å². The van der Waals surface area contributed by atoms with Crippen LogP contribution in [-0.4, -0.2) is 53.9 Å². The molecule has 1 heterocycles. The maximum atomic E-state index is 13.0. The highest BCUT2D eigenvalue weighted by molar-refractivity contribution is 7.80. The number of hydrogen-bond acceptors (Lipinski definition) is 3. The van der Waals surface area contributed by atoms with Crippen LogP contribution < -0.4 is 5.73 Å². The van der Waals surface area contributed by atoms with Gasteiger partial charge in [0, 0.05) is 19.6 Å². The summed E-state index contributed by atoms with van der Waals surface area (Å²) in [6.45, 7) is 2.08. The van der Waals surface area contributed by atoms with E-state index in [-0.39, 0.29) is 5.91 Å². The second-order valence-corrected chi connectivity index (χ2v) is 6.92. The Bertz CT molecular complexity index is 379. The number of nitrogens with zero attached hydrogens (tertiary/aromatic N) is 2. The van der Waals surface area contributed by atoms with Gasteiger partial charge in [-0.2, -0.15) is 0 Å². The first-order valence-corrected chi connectivity index (χ1v) is 8.14. The van der Waals surface area contributed by atoms with Gasteiger partial charge in [-0.05, 0) is 39.3 Å². The summed E-state index contributed by atoms with van der Waals surface area (Å²) in [5.74, 6) is 0.157. The molecule has 2 fully saturated rings. The van der Waals surface area contributed by atoms with Crippen molar-refractivity contribution in [2.75, 3.05) is 27.2 Å². The summed E-state index contributed by atoms with van der Waals surface area (Å²) in [5, 5.41) is 0. The van der Waals surface area contributed by atoms with Gasteiger partial charge in [-0.15, -0.1) is 0 Å². The lowest BCUT2D eigenvalue weighted by Gasteiger charge is -2.42. The first-order valence-electron chi connectivity index (χ1n) is 7.73. The lowest BCUT2D eigenvalue weighted by atomic mass is 9.72. The van der Waals surface area contributed by atoms with E-state index in [1.807, 2.05) is 11.9 Å². The Balaban J connectivity index is 2.12. The minimum Gasteiger partial charge on any atom is -0.392 e. The SMILES string of the molecule is CN1CCCC(N(C)C(=O)C2(C(N)=S)CCCCC2)C1. The average molecular weight is 297 g/mol. The number of thiocarbonyl (C=S) groups is 1. The van der Waals surface area contributed by atoms with Crippen LogP contribution in [0, 0.1) is 5.41 Å². The molecule has 1 saturated carbocycles. The molecule has 20 heavy (non-hydrogen) atoms. The summed E-state index contributed by atoms with van der Waals surface area (Å²) in [4.78, 5) is 17.6. The molecule has 0 spiro atoms. The summed E-state index contributed by atoms with van der Waals surface area (Å²) in [6, 6.07) is 0.300. The minimum atomic E-state index is -0.571. The van der Waals surface area contributed by atoms with E-state index in [0.29, 0.717) is 11.0 Å². The smallest absolute Gasteiger partial charge is 0.235 e. The van der Waals surface area contributed by atoms with E-state index < -0.39 is 5.41 Å². The van der Waals surface area contributed by atoms with Crippen LogP contribution in [0.25, 0.3) is 0 Å². The molecule has 1 aliphatic heterocycles. The van der Waals surface area contributed by atoms with Crippen molar-refractivity contribution in [3.8, 4) is 0 Å². The Hall–Kier alpha value is -0.680. The highest BCUT2D eigenvalue weighted by Crippen LogP contribution is 2.39. The van der Waals surface area contributed by atoms with Crippen molar-refractivity contribution in [3.63, 3.8) is 0 Å². The number of piperidine rings is 1. The molecule has 1 saturated heterocycles. The van der Waals surface area contributed by atoms with Crippen LogP contribution in [0.1, 0.15) is 44.9 Å². The second kappa shape index (κ2) is 6.39. The molecule has 2 aliphatic rings. The Morgan fingerprint density at radius 2 is 1.95 bits per heavy atom. The highest BCUT2D eigenvalue weighted by atomic mass is 32.1. The summed E-state index contributed by atoms with van der Waals surface area (Å²) < 4.78 is 0. The van der Waals surface area contributed by atoms with E-state index in [1.165, 1.54) is 6.42 Å². The fourth-order valence-corrected chi connectivity index (χ4v) is 3.97. The zero-order chi connectivity index (χ0) is 14.8. The second-order valence-electron chi connectivity index (χ2n) is 6.48. The molecule has 5 heteroatoms. The number of amides is 1. The van der Waals surface area contributed by atoms with Crippen LogP contribution in [0.2, 0.25) is 0 Å². The van der Waals surface area contributed by atoms with E-state index in [0.717, 1.165) is 51.6 Å². The van der Waals surface area contributed by atoms with Crippen molar-refractivity contribution >= 4 is 23.1 Å². The molecule has 0 aromatic carbocycles. The molecule has 2 rings (SSSR count). The van der Waals surface area contributed by atoms with Crippen molar-refractivity contribution in [2.24, 2.45) is 11.1 Å². The topological polar surface area (TPSA) is 49.6 Å². The standard InChI is InChI=1S/C15H27N3OS/c1-17-10-6-7-12(11-17)18(2)14(19)15(13(16)20)8-4-3-5-9-15/h12H,3-11H2,1-2H3,(H2,16,20). The van der Waals surface area contributed by atoms with Gasteiger partial charge in [0.15, 0.2) is 0 Å². The molecular weight excluding hydrogens is 270 g/mol. The van der Waals surface area contributed by atoms with Crippen molar-refractivity contribution in [1.29, 1.82) is 0 Å². The third-order valence-electron chi connectivity index (χ3n) is 5.06. The Morgan fingerprint density at radius 1 is 1.30 bits per heavy atom. The van der Waals surface area contributed by atoms with Crippen molar-refractivity contribution < 1.29 is 4.79 Å². The molecule has 4 nitrogen and oxygen atoms in total. The number of hydrogen-bond donors (Lipinski definition) is 1. The molecular formula is C15H27N3OS. The van der Waals surface area contributed by atoms with Gasteiger partial charge >= 0.3 is 0 Å². The molecule has 0 radical (unpaired) electrons. The molecule has 2 N–H and O–H groups in total. The van der Waals surface area contributed by atoms with Gasteiger partial charge in [0.05, 0.1) is 10.4 Å². The van der Waals surface area contributed by atoms with E-state index in [9.17, 15) is 4.79 Å². The van der Waals surface area contributed by atoms with Crippen LogP contribution >= 0.6 is 12.2 Å². The largest absolute Gasteiger partial charge is 0.392 e. The summed E-state index contributed by atoms with van der Waals surface area (Å²) in [7, 11) is 4.05. The molecule has 1 atom stereocenters. The fourth-order valence-electron chi connectivity index (χ4n) is 3.68. The number of nitrogens with two attached hydrogens (primary N) is 1. The molecule has 1 unspecified atom stereocenters. The van der Waals surface area contributed by atoms with Crippen LogP contribution in [0.3, 0.4) is 0 Å². The van der Waals surface area contributed by atoms with Gasteiger partial charge in [0.2, 0.25) is 5.91 Å². The third-order valence-corrected chi connectivity index (χ3v) is 5.45. The molecule has 1 amide bonds. The number of carbonyl (C=O) groups is 1. The Kier molecular flexibility index (Phi) is 5.02. The summed E-state index contributed by atoms with van der Waals surface area (Å²) in [6.07, 6.45) is 7.19. The maximum absolute atomic E-state index is 13.0. The highest BCUT2D eigenvalue weighted by Gasteiger charge is 2.45. The number of likely N-dealkylation sites (tertiary alicyclic amines) is 1. The third kappa shape index (κ3) is 2.98. The monoisotopic (exact) mass is 297 g/mol. The van der Waals surface area contributed by atoms with Crippen molar-refractivity contribution in [2.45, 2.75) is 51.0 Å². The zero-order valence-electron chi connectivity index (χ0n) is 12.7. The van der Waals surface area contributed by atoms with Crippen LogP contribution in [-0.2, 0) is 4.79 Å². The number of carbonyl (C=O) groups excluding carboxylic acids is 1. The lowest BCUT2D eigenvalue weighted by Crippen LogP contribution is -2.55. The van der Waals surface area contributed by atoms with E-state index >= 15 is 0 Å². The van der Waals surface area contributed by atoms with E-state index in [2.05, 4.69) is 11.9 Å². The molecule has 0 bridgehead atoms. The Morgan fingerprint density at radius 3 is 2.50 bits per heavy atom. The molecule has 114 valence electrons. The van der Waals surface area contributed by atoms with Gasteiger partial charge in [-0.3, -0.25) is 4.79 Å².